The molecule has 0 spiro atoms. The van der Waals surface area contributed by atoms with Gasteiger partial charge in [-0.2, -0.15) is 0 Å². The van der Waals surface area contributed by atoms with Gasteiger partial charge in [0.1, 0.15) is 12.4 Å². The van der Waals surface area contributed by atoms with Crippen molar-refractivity contribution in [3.05, 3.63) is 58.3 Å². The topological polar surface area (TPSA) is 34.1 Å². The lowest BCUT2D eigenvalue weighted by Gasteiger charge is -2.21. The molecule has 0 amide bonds. The van der Waals surface area contributed by atoms with Crippen molar-refractivity contribution in [1.82, 2.24) is 10.3 Å². The molecule has 0 radical (unpaired) electrons. The maximum Gasteiger partial charge on any atom is 0.124 e. The summed E-state index contributed by atoms with van der Waals surface area (Å²) in [6, 6.07) is 10.1. The quantitative estimate of drug-likeness (QED) is 0.873. The van der Waals surface area contributed by atoms with Crippen LogP contribution >= 0.6 is 15.9 Å². The monoisotopic (exact) mass is 348 g/mol. The Kier molecular flexibility index (Phi) is 5.37. The van der Waals surface area contributed by atoms with Crippen molar-refractivity contribution in [2.75, 3.05) is 0 Å². The molecule has 1 heterocycles. The molecule has 2 rings (SSSR count). The first-order valence-corrected chi connectivity index (χ1v) is 7.78. The molecule has 112 valence electrons. The van der Waals surface area contributed by atoms with Crippen LogP contribution in [0.4, 0.5) is 0 Å². The second-order valence-electron chi connectivity index (χ2n) is 6.01. The number of aromatic nitrogens is 1. The van der Waals surface area contributed by atoms with Crippen molar-refractivity contribution in [3.63, 3.8) is 0 Å². The first-order chi connectivity index (χ1) is 9.94. The Morgan fingerprint density at radius 2 is 1.95 bits per heavy atom. The number of para-hydroxylation sites is 1. The summed E-state index contributed by atoms with van der Waals surface area (Å²) < 4.78 is 6.91. The first-order valence-electron chi connectivity index (χ1n) is 6.99. The molecule has 1 aromatic carbocycles. The third-order valence-corrected chi connectivity index (χ3v) is 3.37. The average molecular weight is 349 g/mol. The van der Waals surface area contributed by atoms with Gasteiger partial charge in [0.2, 0.25) is 0 Å². The number of benzene rings is 1. The lowest BCUT2D eigenvalue weighted by molar-refractivity contribution is 0.299. The van der Waals surface area contributed by atoms with E-state index >= 15 is 0 Å². The van der Waals surface area contributed by atoms with Crippen LogP contribution in [-0.4, -0.2) is 10.5 Å². The third kappa shape index (κ3) is 5.48. The molecule has 0 aliphatic rings. The lowest BCUT2D eigenvalue weighted by atomic mass is 10.1. The molecule has 0 unspecified atom stereocenters. The molecule has 0 saturated carbocycles. The fourth-order valence-electron chi connectivity index (χ4n) is 1.85. The molecular weight excluding hydrogens is 328 g/mol. The summed E-state index contributed by atoms with van der Waals surface area (Å²) in [4.78, 5) is 4.15. The van der Waals surface area contributed by atoms with Gasteiger partial charge in [-0.1, -0.05) is 18.2 Å². The highest BCUT2D eigenvalue weighted by atomic mass is 79.9. The second-order valence-corrected chi connectivity index (χ2v) is 6.93. The Balaban J connectivity index is 2.03. The summed E-state index contributed by atoms with van der Waals surface area (Å²) in [7, 11) is 0. The largest absolute Gasteiger partial charge is 0.489 e. The summed E-state index contributed by atoms with van der Waals surface area (Å²) in [5.41, 5.74) is 2.29. The minimum absolute atomic E-state index is 0.0846. The lowest BCUT2D eigenvalue weighted by Crippen LogP contribution is -2.35. The summed E-state index contributed by atoms with van der Waals surface area (Å²) in [5.74, 6) is 0.911. The van der Waals surface area contributed by atoms with Crippen LogP contribution in [0.2, 0.25) is 0 Å². The normalized spacial score (nSPS) is 11.4. The van der Waals surface area contributed by atoms with E-state index < -0.39 is 0 Å². The molecule has 0 fully saturated rings. The van der Waals surface area contributed by atoms with E-state index in [-0.39, 0.29) is 5.54 Å². The van der Waals surface area contributed by atoms with Gasteiger partial charge in [0.05, 0.1) is 0 Å². The van der Waals surface area contributed by atoms with Crippen LogP contribution in [0.15, 0.2) is 47.2 Å². The number of pyridine rings is 1. The van der Waals surface area contributed by atoms with Crippen LogP contribution in [0.25, 0.3) is 0 Å². The Labute approximate surface area is 134 Å². The number of rotatable bonds is 5. The minimum atomic E-state index is 0.0846. The van der Waals surface area contributed by atoms with Crippen molar-refractivity contribution in [2.45, 2.75) is 39.5 Å². The van der Waals surface area contributed by atoms with Gasteiger partial charge in [0.25, 0.3) is 0 Å². The van der Waals surface area contributed by atoms with E-state index in [1.807, 2.05) is 30.5 Å². The van der Waals surface area contributed by atoms with Gasteiger partial charge in [-0.05, 0) is 48.8 Å². The average Bonchev–Trinajstić information content (AvgIpc) is 2.43. The summed E-state index contributed by atoms with van der Waals surface area (Å²) in [6.45, 7) is 7.77. The van der Waals surface area contributed by atoms with E-state index in [1.165, 1.54) is 0 Å². The number of nitrogens with one attached hydrogen (secondary N) is 1. The van der Waals surface area contributed by atoms with Gasteiger partial charge in [-0.25, -0.2) is 0 Å². The van der Waals surface area contributed by atoms with Crippen LogP contribution < -0.4 is 10.1 Å². The number of halogens is 1. The molecule has 0 aliphatic carbocycles. The fraction of sp³-hybridized carbons (Fsp3) is 0.353. The van der Waals surface area contributed by atoms with Crippen molar-refractivity contribution in [1.29, 1.82) is 0 Å². The molecule has 1 N–H and O–H groups in total. The Hall–Kier alpha value is -1.39. The van der Waals surface area contributed by atoms with Gasteiger partial charge >= 0.3 is 0 Å². The SMILES string of the molecule is CC(C)(C)NCc1ccccc1OCc1cncc(Br)c1. The van der Waals surface area contributed by atoms with Crippen molar-refractivity contribution in [2.24, 2.45) is 0 Å². The molecule has 0 aliphatic heterocycles. The zero-order valence-electron chi connectivity index (χ0n) is 12.7. The van der Waals surface area contributed by atoms with E-state index in [2.05, 4.69) is 53.1 Å². The molecule has 2 aromatic rings. The van der Waals surface area contributed by atoms with Crippen LogP contribution in [0.5, 0.6) is 5.75 Å². The van der Waals surface area contributed by atoms with Gasteiger partial charge in [0.15, 0.2) is 0 Å². The Bertz CT molecular complexity index is 593. The highest BCUT2D eigenvalue weighted by molar-refractivity contribution is 9.10. The summed E-state index contributed by atoms with van der Waals surface area (Å²) >= 11 is 3.42. The molecule has 3 nitrogen and oxygen atoms in total. The molecule has 0 bridgehead atoms. The molecule has 0 saturated heterocycles. The highest BCUT2D eigenvalue weighted by Crippen LogP contribution is 2.20. The van der Waals surface area contributed by atoms with Crippen molar-refractivity contribution >= 4 is 15.9 Å². The van der Waals surface area contributed by atoms with Crippen LogP contribution in [0.1, 0.15) is 31.9 Å². The molecule has 4 heteroatoms. The first kappa shape index (κ1) is 16.0. The van der Waals surface area contributed by atoms with Crippen molar-refractivity contribution in [3.8, 4) is 5.75 Å². The highest BCUT2D eigenvalue weighted by Gasteiger charge is 2.10. The Morgan fingerprint density at radius 3 is 2.67 bits per heavy atom. The fourth-order valence-corrected chi connectivity index (χ4v) is 2.26. The summed E-state index contributed by atoms with van der Waals surface area (Å²) in [6.07, 6.45) is 3.59. The predicted molar refractivity (Wildman–Crippen MR) is 89.3 cm³/mol. The number of ether oxygens (including phenoxy) is 1. The maximum absolute atomic E-state index is 5.94. The van der Waals surface area contributed by atoms with Crippen LogP contribution in [0, 0.1) is 0 Å². The number of hydrogen-bond acceptors (Lipinski definition) is 3. The zero-order valence-corrected chi connectivity index (χ0v) is 14.3. The van der Waals surface area contributed by atoms with Crippen LogP contribution in [-0.2, 0) is 13.2 Å². The van der Waals surface area contributed by atoms with E-state index in [1.54, 1.807) is 6.20 Å². The van der Waals surface area contributed by atoms with Crippen LogP contribution in [0.3, 0.4) is 0 Å². The second kappa shape index (κ2) is 7.05. The molecule has 21 heavy (non-hydrogen) atoms. The molecule has 0 atom stereocenters. The van der Waals surface area contributed by atoms with E-state index in [9.17, 15) is 0 Å². The minimum Gasteiger partial charge on any atom is -0.489 e. The van der Waals surface area contributed by atoms with Gasteiger partial charge in [-0.3, -0.25) is 4.98 Å². The standard InChI is InChI=1S/C17H21BrN2O/c1-17(2,3)20-10-14-6-4-5-7-16(14)21-12-13-8-15(18)11-19-9-13/h4-9,11,20H,10,12H2,1-3H3. The predicted octanol–water partition coefficient (Wildman–Crippen LogP) is 4.31. The molecular formula is C17H21BrN2O. The Morgan fingerprint density at radius 1 is 1.19 bits per heavy atom. The van der Waals surface area contributed by atoms with E-state index in [4.69, 9.17) is 4.74 Å². The smallest absolute Gasteiger partial charge is 0.124 e. The summed E-state index contributed by atoms with van der Waals surface area (Å²) in [5, 5.41) is 3.49. The van der Waals surface area contributed by atoms with Gasteiger partial charge in [-0.15, -0.1) is 0 Å². The number of nitrogens with zero attached hydrogens (tertiary/aromatic N) is 1. The van der Waals surface area contributed by atoms with Gasteiger partial charge in [0, 0.05) is 40.1 Å². The third-order valence-electron chi connectivity index (χ3n) is 2.94. The molecule has 1 aromatic heterocycles. The van der Waals surface area contributed by atoms with Crippen molar-refractivity contribution < 1.29 is 4.74 Å². The maximum atomic E-state index is 5.94. The zero-order chi connectivity index (χ0) is 15.3. The van der Waals surface area contributed by atoms with E-state index in [0.29, 0.717) is 6.61 Å². The number of hydrogen-bond donors (Lipinski definition) is 1. The van der Waals surface area contributed by atoms with E-state index in [0.717, 1.165) is 27.9 Å². The van der Waals surface area contributed by atoms with Gasteiger partial charge < -0.3 is 10.1 Å².